The van der Waals surface area contributed by atoms with Gasteiger partial charge in [0.25, 0.3) is 10.2 Å². The molecule has 4 rings (SSSR count). The molecule has 6 N–H and O–H groups in total. The Hall–Kier alpha value is -2.94. The van der Waals surface area contributed by atoms with E-state index < -0.39 is 16.2 Å². The number of hydrogen-bond acceptors (Lipinski definition) is 3. The minimum atomic E-state index is -3.47. The normalized spacial score (nSPS) is 12.2. The summed E-state index contributed by atoms with van der Waals surface area (Å²) in [5.41, 5.74) is 8.29. The highest BCUT2D eigenvalue weighted by Gasteiger charge is 2.26. The second kappa shape index (κ2) is 33.7. The van der Waals surface area contributed by atoms with E-state index >= 15 is 0 Å². The number of urea groups is 1. The number of benzene rings is 3. The number of primary amides is 1. The number of amides is 2. The lowest BCUT2D eigenvalue weighted by atomic mass is 9.88. The Bertz CT molecular complexity index is 1460. The largest absolute Gasteiger partial charge is 0.352 e. The zero-order valence-corrected chi connectivity index (χ0v) is 43.5. The second-order valence-electron chi connectivity index (χ2n) is 21.0. The monoisotopic (exact) mass is 859 g/mol. The summed E-state index contributed by atoms with van der Waals surface area (Å²) < 4.78 is 22.6. The van der Waals surface area contributed by atoms with Gasteiger partial charge in [0, 0.05) is 13.1 Å². The van der Waals surface area contributed by atoms with Crippen LogP contribution in [0.5, 0.6) is 0 Å². The van der Waals surface area contributed by atoms with E-state index in [1.165, 1.54) is 48.4 Å². The molecule has 2 amide bonds. The van der Waals surface area contributed by atoms with E-state index in [0.29, 0.717) is 46.6 Å². The predicted octanol–water partition coefficient (Wildman–Crippen LogP) is 14.6. The maximum absolute atomic E-state index is 10.2. The van der Waals surface area contributed by atoms with Crippen LogP contribution >= 0.6 is 0 Å². The molecule has 350 valence electrons. The molecular weight excluding hydrogens is 761 g/mol. The van der Waals surface area contributed by atoms with Gasteiger partial charge in [-0.25, -0.2) is 14.7 Å². The fourth-order valence-electron chi connectivity index (χ4n) is 4.12. The van der Waals surface area contributed by atoms with Gasteiger partial charge < -0.3 is 11.1 Å². The number of nitrogens with two attached hydrogens (primary N) is 2. The molecule has 3 aromatic carbocycles. The van der Waals surface area contributed by atoms with Crippen molar-refractivity contribution in [1.29, 1.82) is 0 Å². The summed E-state index contributed by atoms with van der Waals surface area (Å²) in [6.45, 7) is 44.5. The summed E-state index contributed by atoms with van der Waals surface area (Å²) in [5, 5.41) is 9.75. The van der Waals surface area contributed by atoms with E-state index in [1.54, 1.807) is 0 Å². The molecule has 60 heavy (non-hydrogen) atoms. The minimum absolute atomic E-state index is 0.295. The van der Waals surface area contributed by atoms with Crippen molar-refractivity contribution in [3.63, 3.8) is 0 Å². The van der Waals surface area contributed by atoms with Gasteiger partial charge in [0.2, 0.25) is 0 Å². The quantitative estimate of drug-likeness (QED) is 0.189. The summed E-state index contributed by atoms with van der Waals surface area (Å²) in [7, 11) is -3.47. The molecule has 1 fully saturated rings. The Morgan fingerprint density at radius 2 is 0.950 bits per heavy atom. The van der Waals surface area contributed by atoms with Crippen LogP contribution in [0.25, 0.3) is 10.8 Å². The van der Waals surface area contributed by atoms with E-state index in [0.717, 1.165) is 12.3 Å². The summed E-state index contributed by atoms with van der Waals surface area (Å²) in [5.74, 6) is 1.86. The average Bonchev–Trinajstić information content (AvgIpc) is 3.94. The molecule has 7 nitrogen and oxygen atoms in total. The molecule has 8 heteroatoms. The molecule has 0 spiro atoms. The van der Waals surface area contributed by atoms with Gasteiger partial charge >= 0.3 is 6.03 Å². The highest BCUT2D eigenvalue weighted by atomic mass is 32.2. The van der Waals surface area contributed by atoms with Crippen LogP contribution in [-0.2, 0) is 16.6 Å². The maximum atomic E-state index is 10.2. The lowest BCUT2D eigenvalue weighted by Crippen LogP contribution is -2.33. The number of rotatable bonds is 7. The van der Waals surface area contributed by atoms with E-state index in [1.807, 2.05) is 41.5 Å². The average molecular weight is 859 g/mol. The van der Waals surface area contributed by atoms with Gasteiger partial charge in [-0.2, -0.15) is 8.42 Å². The van der Waals surface area contributed by atoms with Crippen LogP contribution in [0.4, 0.5) is 4.79 Å². The lowest BCUT2D eigenvalue weighted by Gasteiger charge is -2.17. The Kier molecular flexibility index (Phi) is 35.7. The van der Waals surface area contributed by atoms with Crippen molar-refractivity contribution in [2.75, 3.05) is 13.1 Å². The van der Waals surface area contributed by atoms with Crippen LogP contribution in [0.1, 0.15) is 176 Å². The fourth-order valence-corrected chi connectivity index (χ4v) is 4.68. The van der Waals surface area contributed by atoms with Crippen LogP contribution < -0.4 is 20.9 Å². The molecule has 0 aliphatic heterocycles. The Morgan fingerprint density at radius 1 is 0.617 bits per heavy atom. The lowest BCUT2D eigenvalue weighted by molar-refractivity contribution is 0.247. The molecule has 0 unspecified atom stereocenters. The molecule has 0 heterocycles. The van der Waals surface area contributed by atoms with Crippen molar-refractivity contribution in [3.8, 4) is 0 Å². The summed E-state index contributed by atoms with van der Waals surface area (Å²) >= 11 is 0. The molecule has 1 saturated carbocycles. The number of fused-ring (bicyclic) bond motifs is 1. The third kappa shape index (κ3) is 57.2. The minimum Gasteiger partial charge on any atom is -0.352 e. The maximum Gasteiger partial charge on any atom is 0.312 e. The summed E-state index contributed by atoms with van der Waals surface area (Å²) in [4.78, 5) is 10.0. The van der Waals surface area contributed by atoms with E-state index in [-0.39, 0.29) is 0 Å². The van der Waals surface area contributed by atoms with Crippen molar-refractivity contribution in [3.05, 3.63) is 84.4 Å². The molecule has 1 aliphatic rings. The summed E-state index contributed by atoms with van der Waals surface area (Å²) in [6, 6.07) is 26.9. The summed E-state index contributed by atoms with van der Waals surface area (Å²) in [6.07, 6.45) is 8.13. The molecular formula is C52H98N4O3S. The molecule has 0 atom stereocenters. The van der Waals surface area contributed by atoms with Gasteiger partial charge in [0.1, 0.15) is 0 Å². The van der Waals surface area contributed by atoms with E-state index in [4.69, 9.17) is 5.73 Å². The first-order valence-corrected chi connectivity index (χ1v) is 24.1. The first kappa shape index (κ1) is 63.7. The molecule has 0 saturated heterocycles. The van der Waals surface area contributed by atoms with Crippen LogP contribution in [-0.4, -0.2) is 27.5 Å². The number of hydrogen-bond donors (Lipinski definition) is 4. The molecule has 1 aliphatic carbocycles. The van der Waals surface area contributed by atoms with Crippen molar-refractivity contribution in [2.45, 2.75) is 177 Å². The third-order valence-corrected chi connectivity index (χ3v) is 8.90. The van der Waals surface area contributed by atoms with E-state index in [2.05, 4.69) is 191 Å². The predicted molar refractivity (Wildman–Crippen MR) is 270 cm³/mol. The number of carbonyl (C=O) groups excluding carboxylic acids is 1. The van der Waals surface area contributed by atoms with Gasteiger partial charge in [-0.1, -0.05) is 243 Å². The highest BCUT2D eigenvalue weighted by Crippen LogP contribution is 2.39. The van der Waals surface area contributed by atoms with Gasteiger partial charge in [0.05, 0.1) is 0 Å². The molecule has 0 radical (unpaired) electrons. The Morgan fingerprint density at radius 3 is 1.13 bits per heavy atom. The van der Waals surface area contributed by atoms with Gasteiger partial charge in [0.15, 0.2) is 0 Å². The topological polar surface area (TPSA) is 127 Å². The smallest absolute Gasteiger partial charge is 0.312 e. The van der Waals surface area contributed by atoms with E-state index in [9.17, 15) is 13.2 Å². The third-order valence-electron chi connectivity index (χ3n) is 8.33. The second-order valence-corrected chi connectivity index (χ2v) is 22.4. The zero-order valence-electron chi connectivity index (χ0n) is 42.7. The molecule has 3 aromatic rings. The standard InChI is InChI=1S/C11H16.C10H8.C8H16.2C6H14.C5H12N2O.C4H12N2O2S.C2H6/c1-11(2,3)9-10-7-5-4-6-8-10;1-2-6-10-8-4-3-7-9(10)5-1;1-8(2,3)6-7-4-5-7;2*1-5-6(2,3)4;1-4(2)3-7-5(6)8;1-4(2)3-6-9(5,7)8;1-2/h4-8H,9H2,1-3H3;1-8H;7H,4-6H2,1-3H3;2*5H2,1-4H3;4H,3H2,1-2H3,(H3,6,7,8);4,6H,3H2,1-2H3,(H2,5,7,8);1-2H3. The molecule has 0 aromatic heterocycles. The van der Waals surface area contributed by atoms with Gasteiger partial charge in [-0.05, 0) is 68.6 Å². The highest BCUT2D eigenvalue weighted by molar-refractivity contribution is 7.87. The van der Waals surface area contributed by atoms with Crippen molar-refractivity contribution in [2.24, 2.45) is 50.3 Å². The Balaban J connectivity index is -0.000000306. The fraction of sp³-hybridized carbons (Fsp3) is 0.673. The molecule has 0 bridgehead atoms. The number of carbonyl (C=O) groups is 1. The number of nitrogens with one attached hydrogen (secondary N) is 2. The van der Waals surface area contributed by atoms with Crippen LogP contribution in [0, 0.1) is 39.4 Å². The zero-order chi connectivity index (χ0) is 47.8. The first-order chi connectivity index (χ1) is 27.3. The van der Waals surface area contributed by atoms with Crippen molar-refractivity contribution < 1.29 is 13.2 Å². The van der Waals surface area contributed by atoms with Crippen LogP contribution in [0.15, 0.2) is 78.9 Å². The Labute approximate surface area is 373 Å². The van der Waals surface area contributed by atoms with Crippen LogP contribution in [0.2, 0.25) is 0 Å². The first-order valence-electron chi connectivity index (χ1n) is 22.6. The van der Waals surface area contributed by atoms with Crippen molar-refractivity contribution >= 4 is 27.0 Å². The van der Waals surface area contributed by atoms with Gasteiger partial charge in [-0.3, -0.25) is 0 Å². The SMILES string of the molecule is CC.CC(C)(C)CC1CC1.CC(C)(C)Cc1ccccc1.CC(C)CNC(N)=O.CC(C)CNS(N)(=O)=O.CCC(C)(C)C.CCC(C)(C)C.c1ccc2ccccc2c1. The van der Waals surface area contributed by atoms with Gasteiger partial charge in [-0.15, -0.1) is 0 Å². The van der Waals surface area contributed by atoms with Crippen LogP contribution in [0.3, 0.4) is 0 Å². The van der Waals surface area contributed by atoms with Crippen molar-refractivity contribution in [1.82, 2.24) is 10.0 Å².